The molecule has 0 fully saturated rings. The van der Waals surface area contributed by atoms with Crippen LogP contribution in [0.3, 0.4) is 0 Å². The largest absolute Gasteiger partial charge is 0.365 e. The zero-order valence-electron chi connectivity index (χ0n) is 7.09. The Balaban J connectivity index is 0.000000371. The Morgan fingerprint density at radius 3 is 2.10 bits per heavy atom. The topological polar surface area (TPSA) is 21.6 Å². The van der Waals surface area contributed by atoms with Crippen molar-refractivity contribution in [1.29, 1.82) is 0 Å². The minimum atomic E-state index is 0.0816. The van der Waals surface area contributed by atoms with Crippen LogP contribution in [0, 0.1) is 5.41 Å². The smallest absolute Gasteiger partial charge is 0.119 e. The van der Waals surface area contributed by atoms with Crippen molar-refractivity contribution in [2.24, 2.45) is 10.6 Å². The Bertz CT molecular complexity index is 122. The zero-order valence-corrected chi connectivity index (χ0v) is 7.09. The van der Waals surface area contributed by atoms with Crippen LogP contribution in [0.5, 0.6) is 0 Å². The van der Waals surface area contributed by atoms with Gasteiger partial charge in [-0.3, -0.25) is 0 Å². The number of rotatable bonds is 0. The van der Waals surface area contributed by atoms with Crippen LogP contribution in [-0.4, -0.2) is 6.21 Å². The minimum absolute atomic E-state index is 0.0816. The predicted molar refractivity (Wildman–Crippen MR) is 43.8 cm³/mol. The van der Waals surface area contributed by atoms with Crippen LogP contribution in [0.25, 0.3) is 0 Å². The first kappa shape index (κ1) is 9.21. The number of hydrogen-bond donors (Lipinski definition) is 0. The Labute approximate surface area is 62.6 Å². The second kappa shape index (κ2) is 4.09. The van der Waals surface area contributed by atoms with E-state index in [1.807, 2.05) is 19.9 Å². The fourth-order valence-electron chi connectivity index (χ4n) is 0.450. The van der Waals surface area contributed by atoms with E-state index in [9.17, 15) is 0 Å². The van der Waals surface area contributed by atoms with Gasteiger partial charge in [0.15, 0.2) is 0 Å². The summed E-state index contributed by atoms with van der Waals surface area (Å²) in [4.78, 5) is 4.59. The molecule has 0 atom stereocenters. The number of oxime groups is 1. The van der Waals surface area contributed by atoms with Crippen molar-refractivity contribution in [3.8, 4) is 0 Å². The molecule has 0 aromatic rings. The molecule has 1 aliphatic heterocycles. The molecule has 0 radical (unpaired) electrons. The molecule has 0 saturated heterocycles. The van der Waals surface area contributed by atoms with Gasteiger partial charge in [0.05, 0.1) is 6.21 Å². The van der Waals surface area contributed by atoms with E-state index in [0.717, 1.165) is 0 Å². The van der Waals surface area contributed by atoms with E-state index in [4.69, 9.17) is 0 Å². The number of allylic oxidation sites excluding steroid dienone is 1. The molecule has 0 aliphatic carbocycles. The van der Waals surface area contributed by atoms with Crippen LogP contribution in [0.2, 0.25) is 0 Å². The predicted octanol–water partition coefficient (Wildman–Crippen LogP) is 2.57. The first-order valence-electron chi connectivity index (χ1n) is 3.59. The molecule has 0 spiro atoms. The molecule has 2 heteroatoms. The third-order valence-corrected chi connectivity index (χ3v) is 1.00. The second-order valence-electron chi connectivity index (χ2n) is 2.46. The quantitative estimate of drug-likeness (QED) is 0.508. The van der Waals surface area contributed by atoms with Crippen LogP contribution in [0.1, 0.15) is 27.7 Å². The molecule has 0 saturated carbocycles. The fourth-order valence-corrected chi connectivity index (χ4v) is 0.450. The molecule has 0 amide bonds. The Hall–Kier alpha value is -0.790. The van der Waals surface area contributed by atoms with Gasteiger partial charge in [-0.15, -0.1) is 0 Å². The van der Waals surface area contributed by atoms with Gasteiger partial charge in [0.1, 0.15) is 6.26 Å². The molecule has 10 heavy (non-hydrogen) atoms. The Morgan fingerprint density at radius 1 is 1.30 bits per heavy atom. The van der Waals surface area contributed by atoms with E-state index in [0.29, 0.717) is 0 Å². The lowest BCUT2D eigenvalue weighted by Crippen LogP contribution is -2.11. The van der Waals surface area contributed by atoms with Crippen molar-refractivity contribution in [3.63, 3.8) is 0 Å². The van der Waals surface area contributed by atoms with Crippen LogP contribution in [0.4, 0.5) is 0 Å². The first-order chi connectivity index (χ1) is 4.71. The fraction of sp³-hybridized carbons (Fsp3) is 0.625. The lowest BCUT2D eigenvalue weighted by Gasteiger charge is -2.14. The van der Waals surface area contributed by atoms with Crippen molar-refractivity contribution >= 4 is 6.21 Å². The maximum atomic E-state index is 4.59. The summed E-state index contributed by atoms with van der Waals surface area (Å²) in [5.74, 6) is 0. The highest BCUT2D eigenvalue weighted by Gasteiger charge is 2.12. The summed E-state index contributed by atoms with van der Waals surface area (Å²) in [6.45, 7) is 8.13. The normalized spacial score (nSPS) is 18.8. The zero-order chi connectivity index (χ0) is 8.04. The molecule has 2 nitrogen and oxygen atoms in total. The summed E-state index contributed by atoms with van der Waals surface area (Å²) in [6.07, 6.45) is 5.33. The van der Waals surface area contributed by atoms with Gasteiger partial charge < -0.3 is 4.84 Å². The number of hydrogen-bond acceptors (Lipinski definition) is 2. The maximum absolute atomic E-state index is 4.59. The van der Waals surface area contributed by atoms with Crippen molar-refractivity contribution in [2.45, 2.75) is 27.7 Å². The van der Waals surface area contributed by atoms with E-state index >= 15 is 0 Å². The van der Waals surface area contributed by atoms with E-state index in [1.165, 1.54) is 0 Å². The van der Waals surface area contributed by atoms with Crippen LogP contribution in [-0.2, 0) is 4.84 Å². The molecule has 0 aromatic heterocycles. The molecular weight excluding hydrogens is 126 g/mol. The average Bonchev–Trinajstić information content (AvgIpc) is 1.92. The number of nitrogens with zero attached hydrogens (tertiary/aromatic N) is 1. The molecule has 58 valence electrons. The molecule has 0 bridgehead atoms. The molecule has 0 unspecified atom stereocenters. The van der Waals surface area contributed by atoms with E-state index in [-0.39, 0.29) is 5.41 Å². The lowest BCUT2D eigenvalue weighted by molar-refractivity contribution is 0.254. The van der Waals surface area contributed by atoms with Gasteiger partial charge in [-0.05, 0) is 6.08 Å². The maximum Gasteiger partial charge on any atom is 0.119 e. The van der Waals surface area contributed by atoms with Crippen molar-refractivity contribution in [2.75, 3.05) is 0 Å². The third-order valence-electron chi connectivity index (χ3n) is 1.00. The standard InChI is InChI=1S/C6H9NO.C2H6/c1-6(2)3-4-8-7-5-6;1-2/h3-5H,1-2H3;1-2H3. The monoisotopic (exact) mass is 141 g/mol. The summed E-state index contributed by atoms with van der Waals surface area (Å²) in [5.41, 5.74) is 0.0816. The molecule has 1 rings (SSSR count). The Kier molecular flexibility index (Phi) is 3.77. The summed E-state index contributed by atoms with van der Waals surface area (Å²) in [5, 5.41) is 3.62. The molecule has 1 aliphatic rings. The third kappa shape index (κ3) is 3.28. The molecule has 0 aromatic carbocycles. The van der Waals surface area contributed by atoms with Crippen LogP contribution < -0.4 is 0 Å². The van der Waals surface area contributed by atoms with Gasteiger partial charge in [0, 0.05) is 5.41 Å². The average molecular weight is 141 g/mol. The van der Waals surface area contributed by atoms with Crippen molar-refractivity contribution < 1.29 is 4.84 Å². The van der Waals surface area contributed by atoms with Crippen LogP contribution >= 0.6 is 0 Å². The van der Waals surface area contributed by atoms with Gasteiger partial charge in [-0.2, -0.15) is 0 Å². The van der Waals surface area contributed by atoms with Gasteiger partial charge in [0.25, 0.3) is 0 Å². The summed E-state index contributed by atoms with van der Waals surface area (Å²) in [6, 6.07) is 0. The van der Waals surface area contributed by atoms with Crippen LogP contribution in [0.15, 0.2) is 17.5 Å². The lowest BCUT2D eigenvalue weighted by atomic mass is 9.96. The van der Waals surface area contributed by atoms with Gasteiger partial charge >= 0.3 is 0 Å². The van der Waals surface area contributed by atoms with Crippen molar-refractivity contribution in [1.82, 2.24) is 0 Å². The SMILES string of the molecule is CC.CC1(C)C=CON=C1. The van der Waals surface area contributed by atoms with Crippen molar-refractivity contribution in [3.05, 3.63) is 12.3 Å². The summed E-state index contributed by atoms with van der Waals surface area (Å²) in [7, 11) is 0. The summed E-state index contributed by atoms with van der Waals surface area (Å²) >= 11 is 0. The highest BCUT2D eigenvalue weighted by Crippen LogP contribution is 2.16. The highest BCUT2D eigenvalue weighted by molar-refractivity contribution is 5.67. The second-order valence-corrected chi connectivity index (χ2v) is 2.46. The van der Waals surface area contributed by atoms with E-state index in [1.54, 1.807) is 12.5 Å². The van der Waals surface area contributed by atoms with Gasteiger partial charge in [0.2, 0.25) is 0 Å². The first-order valence-corrected chi connectivity index (χ1v) is 3.59. The highest BCUT2D eigenvalue weighted by atomic mass is 16.6. The molecule has 0 N–H and O–H groups in total. The van der Waals surface area contributed by atoms with Gasteiger partial charge in [-0.1, -0.05) is 32.9 Å². The molecule has 1 heterocycles. The minimum Gasteiger partial charge on any atom is -0.365 e. The van der Waals surface area contributed by atoms with E-state index < -0.39 is 0 Å². The van der Waals surface area contributed by atoms with Gasteiger partial charge in [-0.25, -0.2) is 0 Å². The van der Waals surface area contributed by atoms with E-state index in [2.05, 4.69) is 23.8 Å². The summed E-state index contributed by atoms with van der Waals surface area (Å²) < 4.78 is 0. The Morgan fingerprint density at radius 2 is 1.90 bits per heavy atom. The molecular formula is C8H15NO.